The zero-order chi connectivity index (χ0) is 20.9. The maximum absolute atomic E-state index is 12.7. The highest BCUT2D eigenvalue weighted by atomic mass is 32.2. The van der Waals surface area contributed by atoms with Gasteiger partial charge in [0.2, 0.25) is 10.0 Å². The molecule has 0 aromatic heterocycles. The second-order valence-electron chi connectivity index (χ2n) is 6.13. The molecule has 0 radical (unpaired) electrons. The first-order valence-electron chi connectivity index (χ1n) is 8.38. The van der Waals surface area contributed by atoms with Crippen LogP contribution in [-0.4, -0.2) is 40.6 Å². The van der Waals surface area contributed by atoms with Gasteiger partial charge in [0.15, 0.2) is 0 Å². The molecule has 0 atom stereocenters. The molecule has 0 aliphatic heterocycles. The second-order valence-corrected chi connectivity index (χ2v) is 7.82. The standard InChI is InChI=1S/C19H22N2O6S/c1-12(2)21-28(24,25)17-11-13(9-10-16(17)26-3)18(22)20-15-8-6-5-7-14(15)19(23)27-4/h5-12,21H,1-4H3,(H,20,22). The number of amides is 1. The maximum Gasteiger partial charge on any atom is 0.339 e. The van der Waals surface area contributed by atoms with Crippen molar-refractivity contribution < 1.29 is 27.5 Å². The first-order chi connectivity index (χ1) is 13.2. The van der Waals surface area contributed by atoms with Crippen LogP contribution in [0.5, 0.6) is 5.75 Å². The van der Waals surface area contributed by atoms with Crippen LogP contribution >= 0.6 is 0 Å². The summed E-state index contributed by atoms with van der Waals surface area (Å²) >= 11 is 0. The number of rotatable bonds is 7. The van der Waals surface area contributed by atoms with Crippen LogP contribution in [-0.2, 0) is 14.8 Å². The van der Waals surface area contributed by atoms with Crippen LogP contribution in [0.1, 0.15) is 34.6 Å². The SMILES string of the molecule is COC(=O)c1ccccc1NC(=O)c1ccc(OC)c(S(=O)(=O)NC(C)C)c1. The summed E-state index contributed by atoms with van der Waals surface area (Å²) in [4.78, 5) is 24.4. The van der Waals surface area contributed by atoms with Gasteiger partial charge in [-0.1, -0.05) is 12.1 Å². The summed E-state index contributed by atoms with van der Waals surface area (Å²) in [6.45, 7) is 3.37. The number of nitrogens with one attached hydrogen (secondary N) is 2. The first-order valence-corrected chi connectivity index (χ1v) is 9.87. The Morgan fingerprint density at radius 2 is 1.71 bits per heavy atom. The third-order valence-corrected chi connectivity index (χ3v) is 5.37. The smallest absolute Gasteiger partial charge is 0.339 e. The summed E-state index contributed by atoms with van der Waals surface area (Å²) in [5.41, 5.74) is 0.519. The minimum atomic E-state index is -3.89. The van der Waals surface area contributed by atoms with Gasteiger partial charge in [0.25, 0.3) is 5.91 Å². The summed E-state index contributed by atoms with van der Waals surface area (Å²) in [6.07, 6.45) is 0. The van der Waals surface area contributed by atoms with E-state index in [1.165, 1.54) is 38.5 Å². The van der Waals surface area contributed by atoms with Crippen molar-refractivity contribution in [3.05, 3.63) is 53.6 Å². The number of hydrogen-bond donors (Lipinski definition) is 2. The minimum Gasteiger partial charge on any atom is -0.495 e. The fraction of sp³-hybridized carbons (Fsp3) is 0.263. The van der Waals surface area contributed by atoms with E-state index in [0.29, 0.717) is 0 Å². The van der Waals surface area contributed by atoms with Gasteiger partial charge in [-0.2, -0.15) is 0 Å². The number of ether oxygens (including phenoxy) is 2. The number of anilines is 1. The molecule has 0 unspecified atom stereocenters. The average molecular weight is 406 g/mol. The van der Waals surface area contributed by atoms with Gasteiger partial charge in [-0.15, -0.1) is 0 Å². The maximum atomic E-state index is 12.7. The lowest BCUT2D eigenvalue weighted by molar-refractivity contribution is 0.0602. The first kappa shape index (κ1) is 21.4. The molecule has 0 fully saturated rings. The number of sulfonamides is 1. The molecule has 0 aliphatic carbocycles. The van der Waals surface area contributed by atoms with Crippen LogP contribution in [0.4, 0.5) is 5.69 Å². The van der Waals surface area contributed by atoms with Crippen molar-refractivity contribution in [2.45, 2.75) is 24.8 Å². The molecule has 9 heteroatoms. The van der Waals surface area contributed by atoms with Gasteiger partial charge in [-0.05, 0) is 44.2 Å². The van der Waals surface area contributed by atoms with Crippen LogP contribution in [0.2, 0.25) is 0 Å². The normalized spacial score (nSPS) is 11.2. The molecule has 2 aromatic rings. The molecule has 0 saturated carbocycles. The molecule has 8 nitrogen and oxygen atoms in total. The van der Waals surface area contributed by atoms with Crippen LogP contribution in [0.15, 0.2) is 47.4 Å². The van der Waals surface area contributed by atoms with Crippen LogP contribution in [0.25, 0.3) is 0 Å². The topological polar surface area (TPSA) is 111 Å². The zero-order valence-electron chi connectivity index (χ0n) is 16.0. The summed E-state index contributed by atoms with van der Waals surface area (Å²) in [5.74, 6) is -1.07. The highest BCUT2D eigenvalue weighted by Gasteiger charge is 2.23. The van der Waals surface area contributed by atoms with Crippen LogP contribution in [0, 0.1) is 0 Å². The Labute approximate surface area is 163 Å². The molecular weight excluding hydrogens is 384 g/mol. The number of para-hydroxylation sites is 1. The van der Waals surface area contributed by atoms with Crippen molar-refractivity contribution in [1.82, 2.24) is 4.72 Å². The van der Waals surface area contributed by atoms with Gasteiger partial charge in [0.05, 0.1) is 25.5 Å². The Balaban J connectivity index is 2.40. The Morgan fingerprint density at radius 3 is 2.32 bits per heavy atom. The van der Waals surface area contributed by atoms with Crippen LogP contribution < -0.4 is 14.8 Å². The highest BCUT2D eigenvalue weighted by Crippen LogP contribution is 2.26. The molecule has 0 bridgehead atoms. The Hall–Kier alpha value is -2.91. The number of esters is 1. The largest absolute Gasteiger partial charge is 0.495 e. The van der Waals surface area contributed by atoms with Gasteiger partial charge in [-0.25, -0.2) is 17.9 Å². The summed E-state index contributed by atoms with van der Waals surface area (Å²) < 4.78 is 37.4. The fourth-order valence-electron chi connectivity index (χ4n) is 2.48. The number of methoxy groups -OCH3 is 2. The van der Waals surface area contributed by atoms with E-state index in [1.807, 2.05) is 0 Å². The van der Waals surface area contributed by atoms with Crippen LogP contribution in [0.3, 0.4) is 0 Å². The van der Waals surface area contributed by atoms with Crippen molar-refractivity contribution in [3.63, 3.8) is 0 Å². The third-order valence-electron chi connectivity index (χ3n) is 3.69. The Morgan fingerprint density at radius 1 is 1.04 bits per heavy atom. The fourth-order valence-corrected chi connectivity index (χ4v) is 3.92. The lowest BCUT2D eigenvalue weighted by Crippen LogP contribution is -2.30. The zero-order valence-corrected chi connectivity index (χ0v) is 16.8. The van der Waals surface area contributed by atoms with Gasteiger partial charge in [-0.3, -0.25) is 4.79 Å². The minimum absolute atomic E-state index is 0.0876. The number of carbonyl (C=O) groups excluding carboxylic acids is 2. The summed E-state index contributed by atoms with van der Waals surface area (Å²) in [5, 5.41) is 2.60. The molecule has 0 heterocycles. The van der Waals surface area contributed by atoms with Crippen molar-refractivity contribution in [3.8, 4) is 5.75 Å². The van der Waals surface area contributed by atoms with E-state index in [1.54, 1.807) is 32.0 Å². The lowest BCUT2D eigenvalue weighted by atomic mass is 10.1. The molecule has 150 valence electrons. The van der Waals surface area contributed by atoms with E-state index in [4.69, 9.17) is 9.47 Å². The third kappa shape index (κ3) is 4.87. The molecule has 0 spiro atoms. The molecule has 1 amide bonds. The summed E-state index contributed by atoms with van der Waals surface area (Å²) in [6, 6.07) is 10.1. The van der Waals surface area contributed by atoms with Crippen molar-refractivity contribution in [1.29, 1.82) is 0 Å². The van der Waals surface area contributed by atoms with Crippen molar-refractivity contribution in [2.75, 3.05) is 19.5 Å². The quantitative estimate of drug-likeness (QED) is 0.683. The predicted molar refractivity (Wildman–Crippen MR) is 104 cm³/mol. The second kappa shape index (κ2) is 8.85. The number of benzene rings is 2. The van der Waals surface area contributed by atoms with Crippen molar-refractivity contribution in [2.24, 2.45) is 0 Å². The van der Waals surface area contributed by atoms with Gasteiger partial charge in [0, 0.05) is 11.6 Å². The lowest BCUT2D eigenvalue weighted by Gasteiger charge is -2.14. The molecule has 2 rings (SSSR count). The average Bonchev–Trinajstić information content (AvgIpc) is 2.66. The van der Waals surface area contributed by atoms with Gasteiger partial charge in [0.1, 0.15) is 10.6 Å². The Kier molecular flexibility index (Phi) is 6.76. The molecule has 28 heavy (non-hydrogen) atoms. The molecule has 0 aliphatic rings. The highest BCUT2D eigenvalue weighted by molar-refractivity contribution is 7.89. The number of carbonyl (C=O) groups is 2. The van der Waals surface area contributed by atoms with Gasteiger partial charge < -0.3 is 14.8 Å². The van der Waals surface area contributed by atoms with E-state index >= 15 is 0 Å². The Bertz CT molecular complexity index is 986. The van der Waals surface area contributed by atoms with E-state index in [0.717, 1.165) is 0 Å². The number of hydrogen-bond acceptors (Lipinski definition) is 6. The predicted octanol–water partition coefficient (Wildman–Crippen LogP) is 2.42. The molecule has 0 saturated heterocycles. The summed E-state index contributed by atoms with van der Waals surface area (Å²) in [7, 11) is -1.30. The van der Waals surface area contributed by atoms with E-state index in [9.17, 15) is 18.0 Å². The van der Waals surface area contributed by atoms with Crippen molar-refractivity contribution >= 4 is 27.6 Å². The van der Waals surface area contributed by atoms with E-state index in [2.05, 4.69) is 10.0 Å². The van der Waals surface area contributed by atoms with Gasteiger partial charge >= 0.3 is 5.97 Å². The monoisotopic (exact) mass is 406 g/mol. The molecule has 2 aromatic carbocycles. The van der Waals surface area contributed by atoms with E-state index in [-0.39, 0.29) is 33.5 Å². The molecular formula is C19H22N2O6S. The van der Waals surface area contributed by atoms with E-state index < -0.39 is 21.9 Å². The molecule has 2 N–H and O–H groups in total.